The second-order valence-electron chi connectivity index (χ2n) is 7.91. The van der Waals surface area contributed by atoms with Crippen LogP contribution < -0.4 is 0 Å². The third-order valence-corrected chi connectivity index (χ3v) is 5.01. The lowest BCUT2D eigenvalue weighted by atomic mass is 10.2. The lowest BCUT2D eigenvalue weighted by Crippen LogP contribution is -1.95. The Morgan fingerprint density at radius 2 is 0.938 bits per heavy atom. The van der Waals surface area contributed by atoms with Crippen molar-refractivity contribution in [3.05, 3.63) is 96.1 Å². The molecule has 0 saturated carbocycles. The average Bonchev–Trinajstić information content (AvgIpc) is 2.84. The average molecular weight is 437 g/mol. The third-order valence-electron chi connectivity index (χ3n) is 5.01. The molecule has 0 spiro atoms. The van der Waals surface area contributed by atoms with Gasteiger partial charge in [-0.15, -0.1) is 0 Å². The van der Waals surface area contributed by atoms with Crippen molar-refractivity contribution in [1.29, 1.82) is 0 Å². The van der Waals surface area contributed by atoms with E-state index in [1.54, 1.807) is 0 Å². The maximum atomic E-state index is 5.61. The molecule has 0 saturated heterocycles. The summed E-state index contributed by atoms with van der Waals surface area (Å²) in [6.45, 7) is 7.40. The molecule has 2 aromatic carbocycles. The van der Waals surface area contributed by atoms with E-state index in [0.717, 1.165) is 26.4 Å². The molecule has 0 atom stereocenters. The fourth-order valence-electron chi connectivity index (χ4n) is 3.15. The van der Waals surface area contributed by atoms with Gasteiger partial charge in [0.15, 0.2) is 0 Å². The first kappa shape index (κ1) is 27.9. The quantitative estimate of drug-likeness (QED) is 0.193. The molecule has 32 heavy (non-hydrogen) atoms. The van der Waals surface area contributed by atoms with Gasteiger partial charge in [-0.2, -0.15) is 0 Å². The molecule has 0 amide bonds. The van der Waals surface area contributed by atoms with Gasteiger partial charge in [0.1, 0.15) is 0 Å². The number of benzene rings is 2. The molecule has 0 aliphatic rings. The Morgan fingerprint density at radius 3 is 1.31 bits per heavy atom. The van der Waals surface area contributed by atoms with Crippen LogP contribution in [0.3, 0.4) is 0 Å². The summed E-state index contributed by atoms with van der Waals surface area (Å²) in [5, 5.41) is 0. The summed E-state index contributed by atoms with van der Waals surface area (Å²) in [7, 11) is 0. The van der Waals surface area contributed by atoms with Crippen molar-refractivity contribution in [2.24, 2.45) is 0 Å². The summed E-state index contributed by atoms with van der Waals surface area (Å²) in [6.07, 6.45) is 18.5. The van der Waals surface area contributed by atoms with Gasteiger partial charge in [0, 0.05) is 13.2 Å². The molecule has 0 aliphatic carbocycles. The summed E-state index contributed by atoms with van der Waals surface area (Å²) >= 11 is 0. The fraction of sp³-hybridized carbons (Fsp3) is 0.467. The van der Waals surface area contributed by atoms with Gasteiger partial charge < -0.3 is 9.47 Å². The number of rotatable bonds is 16. The minimum Gasteiger partial charge on any atom is -0.377 e. The van der Waals surface area contributed by atoms with E-state index < -0.39 is 0 Å². The fourth-order valence-corrected chi connectivity index (χ4v) is 3.15. The number of allylic oxidation sites excluding steroid dienone is 4. The highest BCUT2D eigenvalue weighted by atomic mass is 16.5. The molecule has 0 heterocycles. The minimum absolute atomic E-state index is 0.746. The van der Waals surface area contributed by atoms with Crippen molar-refractivity contribution < 1.29 is 9.47 Å². The second-order valence-corrected chi connectivity index (χ2v) is 7.91. The van der Waals surface area contributed by atoms with Gasteiger partial charge in [-0.1, -0.05) is 97.8 Å². The molecule has 0 radical (unpaired) electrons. The third kappa shape index (κ3) is 17.5. The molecule has 0 N–H and O–H groups in total. The zero-order valence-corrected chi connectivity index (χ0v) is 20.4. The van der Waals surface area contributed by atoms with Gasteiger partial charge in [0.05, 0.1) is 13.2 Å². The highest BCUT2D eigenvalue weighted by molar-refractivity contribution is 5.14. The number of hydrogen-bond acceptors (Lipinski definition) is 2. The molecule has 176 valence electrons. The van der Waals surface area contributed by atoms with Crippen LogP contribution >= 0.6 is 0 Å². The van der Waals surface area contributed by atoms with E-state index in [2.05, 4.69) is 86.7 Å². The first-order valence-corrected chi connectivity index (χ1v) is 12.3. The van der Waals surface area contributed by atoms with Gasteiger partial charge >= 0.3 is 0 Å². The smallest absolute Gasteiger partial charge is 0.0716 e. The largest absolute Gasteiger partial charge is 0.377 e. The summed E-state index contributed by atoms with van der Waals surface area (Å²) in [5.74, 6) is 0. The highest BCUT2D eigenvalue weighted by Crippen LogP contribution is 2.05. The lowest BCUT2D eigenvalue weighted by molar-refractivity contribution is 0.117. The van der Waals surface area contributed by atoms with E-state index in [0.29, 0.717) is 0 Å². The number of ether oxygens (including phenoxy) is 2. The van der Waals surface area contributed by atoms with Gasteiger partial charge in [0.25, 0.3) is 0 Å². The summed E-state index contributed by atoms with van der Waals surface area (Å²) in [4.78, 5) is 0. The van der Waals surface area contributed by atoms with E-state index >= 15 is 0 Å². The van der Waals surface area contributed by atoms with Crippen LogP contribution in [0.15, 0.2) is 85.0 Å². The first-order chi connectivity index (χ1) is 15.9. The molecular weight excluding hydrogens is 392 g/mol. The van der Waals surface area contributed by atoms with Gasteiger partial charge in [0.2, 0.25) is 0 Å². The summed E-state index contributed by atoms with van der Waals surface area (Å²) < 4.78 is 11.2. The van der Waals surface area contributed by atoms with Crippen molar-refractivity contribution in [2.75, 3.05) is 13.2 Å². The maximum Gasteiger partial charge on any atom is 0.0716 e. The summed E-state index contributed by atoms with van der Waals surface area (Å²) in [5.41, 5.74) is 2.52. The number of hydrogen-bond donors (Lipinski definition) is 0. The van der Waals surface area contributed by atoms with Gasteiger partial charge in [-0.3, -0.25) is 0 Å². The first-order valence-electron chi connectivity index (χ1n) is 12.3. The van der Waals surface area contributed by atoms with Gasteiger partial charge in [-0.05, 0) is 63.5 Å². The normalized spacial score (nSPS) is 11.1. The Bertz CT molecular complexity index is 615. The van der Waals surface area contributed by atoms with Crippen LogP contribution in [0.5, 0.6) is 0 Å². The Balaban J connectivity index is 0.000000320. The van der Waals surface area contributed by atoms with Crippen LogP contribution in [0.1, 0.15) is 76.3 Å². The zero-order chi connectivity index (χ0) is 23.0. The maximum absolute atomic E-state index is 5.61. The molecule has 2 rings (SSSR count). The van der Waals surface area contributed by atoms with Gasteiger partial charge in [-0.25, -0.2) is 0 Å². The van der Waals surface area contributed by atoms with Crippen LogP contribution in [0.2, 0.25) is 0 Å². The molecule has 0 unspecified atom stereocenters. The topological polar surface area (TPSA) is 18.5 Å². The van der Waals surface area contributed by atoms with E-state index in [1.807, 2.05) is 12.1 Å². The monoisotopic (exact) mass is 436 g/mol. The molecule has 0 fully saturated rings. The Kier molecular flexibility index (Phi) is 19.2. The predicted molar refractivity (Wildman–Crippen MR) is 139 cm³/mol. The Morgan fingerprint density at radius 1 is 0.531 bits per heavy atom. The molecule has 2 nitrogen and oxygen atoms in total. The van der Waals surface area contributed by atoms with E-state index in [4.69, 9.17) is 9.47 Å². The van der Waals surface area contributed by atoms with Crippen LogP contribution in [-0.4, -0.2) is 13.2 Å². The molecule has 2 heteroatoms. The van der Waals surface area contributed by atoms with E-state index in [9.17, 15) is 0 Å². The van der Waals surface area contributed by atoms with Crippen molar-refractivity contribution in [3.8, 4) is 0 Å². The standard InChI is InChI=1S/2C15H22O/c2*1-2-3-4-5-6-10-13-16-14-15-11-8-7-9-12-15/h2*2-3,7-9,11-12H,4-6,10,13-14H2,1H3. The van der Waals surface area contributed by atoms with Crippen molar-refractivity contribution in [1.82, 2.24) is 0 Å². The van der Waals surface area contributed by atoms with Crippen molar-refractivity contribution in [2.45, 2.75) is 78.4 Å². The molecule has 2 aromatic rings. The van der Waals surface area contributed by atoms with E-state index in [1.165, 1.54) is 62.5 Å². The molecule has 0 aliphatic heterocycles. The van der Waals surface area contributed by atoms with Crippen LogP contribution in [0.4, 0.5) is 0 Å². The number of unbranched alkanes of at least 4 members (excludes halogenated alkanes) is 6. The lowest BCUT2D eigenvalue weighted by Gasteiger charge is -2.03. The predicted octanol–water partition coefficient (Wildman–Crippen LogP) is 8.68. The van der Waals surface area contributed by atoms with Crippen molar-refractivity contribution >= 4 is 0 Å². The highest BCUT2D eigenvalue weighted by Gasteiger charge is 1.93. The Labute approximate surface area is 197 Å². The molecular formula is C30H44O2. The SMILES string of the molecule is CC=CCCCCCOCc1ccccc1.CC=CCCCCCOCc1ccccc1. The van der Waals surface area contributed by atoms with Crippen LogP contribution in [0.25, 0.3) is 0 Å². The van der Waals surface area contributed by atoms with Crippen LogP contribution in [-0.2, 0) is 22.7 Å². The molecule has 0 aromatic heterocycles. The second kappa shape index (κ2) is 22.0. The Hall–Kier alpha value is -2.16. The summed E-state index contributed by atoms with van der Waals surface area (Å²) in [6, 6.07) is 20.7. The van der Waals surface area contributed by atoms with Crippen LogP contribution in [0, 0.1) is 0 Å². The van der Waals surface area contributed by atoms with E-state index in [-0.39, 0.29) is 0 Å². The minimum atomic E-state index is 0.746. The van der Waals surface area contributed by atoms with Crippen molar-refractivity contribution in [3.63, 3.8) is 0 Å². The molecule has 0 bridgehead atoms. The zero-order valence-electron chi connectivity index (χ0n) is 20.4.